The number of nitrogens with two attached hydrogens (primary N) is 1. The molecule has 5 rings (SSSR count). The SMILES string of the molecule is Nc1nn2cc(-c3ccc(OCCCN4CCOCC4)cc3)cnc2c1-c1ccccn1. The molecular weight excluding hydrogens is 404 g/mol. The first-order valence-corrected chi connectivity index (χ1v) is 10.9. The van der Waals surface area contributed by atoms with Gasteiger partial charge in [-0.05, 0) is 36.2 Å². The number of rotatable bonds is 7. The second-order valence-corrected chi connectivity index (χ2v) is 7.77. The van der Waals surface area contributed by atoms with E-state index in [4.69, 9.17) is 15.2 Å². The van der Waals surface area contributed by atoms with E-state index in [2.05, 4.69) is 20.0 Å². The standard InChI is InChI=1S/C24H26N6O2/c25-23-22(21-4-1-2-9-26-21)24-27-16-19(17-30(24)28-23)18-5-7-20(8-6-18)32-13-3-10-29-11-14-31-15-12-29/h1-2,4-9,16-17H,3,10-15H2,(H2,25,28). The summed E-state index contributed by atoms with van der Waals surface area (Å²) in [4.78, 5) is 11.4. The van der Waals surface area contributed by atoms with E-state index in [1.807, 2.05) is 54.9 Å². The van der Waals surface area contributed by atoms with Gasteiger partial charge in [-0.2, -0.15) is 0 Å². The maximum atomic E-state index is 6.16. The van der Waals surface area contributed by atoms with Gasteiger partial charge in [-0.3, -0.25) is 9.88 Å². The Kier molecular flexibility index (Phi) is 5.96. The number of pyridine rings is 1. The third kappa shape index (κ3) is 4.42. The summed E-state index contributed by atoms with van der Waals surface area (Å²) in [5, 5.41) is 4.44. The number of fused-ring (bicyclic) bond motifs is 1. The third-order valence-corrected chi connectivity index (χ3v) is 5.60. The zero-order valence-corrected chi connectivity index (χ0v) is 17.9. The largest absolute Gasteiger partial charge is 0.494 e. The number of aromatic nitrogens is 4. The summed E-state index contributed by atoms with van der Waals surface area (Å²) < 4.78 is 13.0. The van der Waals surface area contributed by atoms with Crippen LogP contribution >= 0.6 is 0 Å². The van der Waals surface area contributed by atoms with Gasteiger partial charge in [-0.25, -0.2) is 9.50 Å². The molecule has 1 aliphatic heterocycles. The van der Waals surface area contributed by atoms with Gasteiger partial charge >= 0.3 is 0 Å². The molecule has 32 heavy (non-hydrogen) atoms. The van der Waals surface area contributed by atoms with Gasteiger partial charge in [-0.15, -0.1) is 5.10 Å². The lowest BCUT2D eigenvalue weighted by atomic mass is 10.1. The van der Waals surface area contributed by atoms with Crippen LogP contribution in [0.4, 0.5) is 5.82 Å². The molecule has 1 aliphatic rings. The van der Waals surface area contributed by atoms with Gasteiger partial charge in [0.2, 0.25) is 0 Å². The van der Waals surface area contributed by atoms with Crippen LogP contribution in [0.3, 0.4) is 0 Å². The van der Waals surface area contributed by atoms with Gasteiger partial charge in [0.05, 0.1) is 31.1 Å². The number of hydrogen-bond donors (Lipinski definition) is 1. The van der Waals surface area contributed by atoms with Crippen molar-refractivity contribution in [1.29, 1.82) is 0 Å². The van der Waals surface area contributed by atoms with Crippen molar-refractivity contribution in [3.05, 3.63) is 61.1 Å². The lowest BCUT2D eigenvalue weighted by Gasteiger charge is -2.26. The van der Waals surface area contributed by atoms with E-state index in [-0.39, 0.29) is 0 Å². The highest BCUT2D eigenvalue weighted by molar-refractivity contribution is 5.84. The van der Waals surface area contributed by atoms with Gasteiger partial charge in [0.15, 0.2) is 11.5 Å². The van der Waals surface area contributed by atoms with Crippen LogP contribution in [0, 0.1) is 0 Å². The first-order valence-electron chi connectivity index (χ1n) is 10.9. The van der Waals surface area contributed by atoms with Crippen molar-refractivity contribution in [3.8, 4) is 28.1 Å². The summed E-state index contributed by atoms with van der Waals surface area (Å²) in [6.07, 6.45) is 6.50. The number of morpholine rings is 1. The fraction of sp³-hybridized carbons (Fsp3) is 0.292. The zero-order chi connectivity index (χ0) is 21.8. The summed E-state index contributed by atoms with van der Waals surface area (Å²) in [6, 6.07) is 13.7. The summed E-state index contributed by atoms with van der Waals surface area (Å²) in [5.74, 6) is 1.28. The van der Waals surface area contributed by atoms with Crippen LogP contribution in [0.25, 0.3) is 28.0 Å². The molecule has 8 nitrogen and oxygen atoms in total. The minimum absolute atomic E-state index is 0.411. The van der Waals surface area contributed by atoms with Crippen LogP contribution in [0.2, 0.25) is 0 Å². The van der Waals surface area contributed by atoms with Crippen LogP contribution in [-0.2, 0) is 4.74 Å². The minimum atomic E-state index is 0.411. The Bertz CT molecular complexity index is 1170. The highest BCUT2D eigenvalue weighted by Crippen LogP contribution is 2.29. The second-order valence-electron chi connectivity index (χ2n) is 7.77. The van der Waals surface area contributed by atoms with Crippen LogP contribution in [0.5, 0.6) is 5.75 Å². The molecule has 1 aromatic carbocycles. The maximum absolute atomic E-state index is 6.16. The number of benzene rings is 1. The van der Waals surface area contributed by atoms with E-state index in [0.717, 1.165) is 67.4 Å². The van der Waals surface area contributed by atoms with Crippen molar-refractivity contribution in [2.75, 3.05) is 45.2 Å². The van der Waals surface area contributed by atoms with Crippen LogP contribution < -0.4 is 10.5 Å². The third-order valence-electron chi connectivity index (χ3n) is 5.60. The molecule has 1 saturated heterocycles. The maximum Gasteiger partial charge on any atom is 0.166 e. The molecule has 0 aliphatic carbocycles. The molecule has 1 fully saturated rings. The summed E-state index contributed by atoms with van der Waals surface area (Å²) in [6.45, 7) is 5.43. The molecule has 4 aromatic rings. The number of anilines is 1. The van der Waals surface area contributed by atoms with Crippen LogP contribution in [0.1, 0.15) is 6.42 Å². The molecular formula is C24H26N6O2. The van der Waals surface area contributed by atoms with Crippen LogP contribution in [-0.4, -0.2) is 63.9 Å². The lowest BCUT2D eigenvalue weighted by Crippen LogP contribution is -2.37. The van der Waals surface area contributed by atoms with E-state index in [1.165, 1.54) is 0 Å². The average Bonchev–Trinajstić information content (AvgIpc) is 3.18. The van der Waals surface area contributed by atoms with Crippen molar-refractivity contribution in [1.82, 2.24) is 24.5 Å². The molecule has 0 atom stereocenters. The first kappa shape index (κ1) is 20.4. The van der Waals surface area contributed by atoms with Crippen molar-refractivity contribution in [2.24, 2.45) is 0 Å². The molecule has 0 saturated carbocycles. The van der Waals surface area contributed by atoms with Crippen LogP contribution in [0.15, 0.2) is 61.1 Å². The van der Waals surface area contributed by atoms with Crippen molar-refractivity contribution in [2.45, 2.75) is 6.42 Å². The molecule has 8 heteroatoms. The predicted octanol–water partition coefficient (Wildman–Crippen LogP) is 3.14. The predicted molar refractivity (Wildman–Crippen MR) is 123 cm³/mol. The lowest BCUT2D eigenvalue weighted by molar-refractivity contribution is 0.0358. The Balaban J connectivity index is 1.25. The summed E-state index contributed by atoms with van der Waals surface area (Å²) in [7, 11) is 0. The molecule has 164 valence electrons. The summed E-state index contributed by atoms with van der Waals surface area (Å²) in [5.41, 5.74) is 10.3. The van der Waals surface area contributed by atoms with E-state index in [9.17, 15) is 0 Å². The Labute approximate surface area is 186 Å². The zero-order valence-electron chi connectivity index (χ0n) is 17.9. The number of nitrogens with zero attached hydrogens (tertiary/aromatic N) is 5. The van der Waals surface area contributed by atoms with E-state index in [1.54, 1.807) is 10.7 Å². The number of ether oxygens (including phenoxy) is 2. The molecule has 0 radical (unpaired) electrons. The fourth-order valence-electron chi connectivity index (χ4n) is 3.90. The van der Waals surface area contributed by atoms with E-state index < -0.39 is 0 Å². The highest BCUT2D eigenvalue weighted by Gasteiger charge is 2.15. The molecule has 0 unspecified atom stereocenters. The topological polar surface area (TPSA) is 90.8 Å². The quantitative estimate of drug-likeness (QED) is 0.451. The Morgan fingerprint density at radius 3 is 2.62 bits per heavy atom. The Morgan fingerprint density at radius 1 is 1.00 bits per heavy atom. The average molecular weight is 431 g/mol. The Hall–Kier alpha value is -3.49. The molecule has 0 amide bonds. The first-order chi connectivity index (χ1) is 15.8. The van der Waals surface area contributed by atoms with E-state index >= 15 is 0 Å². The van der Waals surface area contributed by atoms with Gasteiger partial charge in [-0.1, -0.05) is 18.2 Å². The van der Waals surface area contributed by atoms with Gasteiger partial charge in [0.1, 0.15) is 5.75 Å². The second kappa shape index (κ2) is 9.33. The molecule has 0 spiro atoms. The monoisotopic (exact) mass is 430 g/mol. The van der Waals surface area contributed by atoms with Crippen molar-refractivity contribution >= 4 is 11.5 Å². The van der Waals surface area contributed by atoms with Gasteiger partial charge in [0, 0.05) is 43.8 Å². The number of hydrogen-bond acceptors (Lipinski definition) is 7. The molecule has 0 bridgehead atoms. The van der Waals surface area contributed by atoms with Gasteiger partial charge < -0.3 is 15.2 Å². The highest BCUT2D eigenvalue weighted by atomic mass is 16.5. The molecule has 4 heterocycles. The molecule has 2 N–H and O–H groups in total. The normalized spacial score (nSPS) is 14.6. The van der Waals surface area contributed by atoms with E-state index in [0.29, 0.717) is 18.1 Å². The summed E-state index contributed by atoms with van der Waals surface area (Å²) >= 11 is 0. The van der Waals surface area contributed by atoms with Crippen molar-refractivity contribution < 1.29 is 9.47 Å². The van der Waals surface area contributed by atoms with Gasteiger partial charge in [0.25, 0.3) is 0 Å². The van der Waals surface area contributed by atoms with Crippen molar-refractivity contribution in [3.63, 3.8) is 0 Å². The number of nitrogen functional groups attached to an aromatic ring is 1. The fourth-order valence-corrected chi connectivity index (χ4v) is 3.90. The molecule has 3 aromatic heterocycles. The smallest absolute Gasteiger partial charge is 0.166 e. The Morgan fingerprint density at radius 2 is 1.84 bits per heavy atom. The minimum Gasteiger partial charge on any atom is -0.494 e.